The Morgan fingerprint density at radius 1 is 1.29 bits per heavy atom. The van der Waals surface area contributed by atoms with Crippen molar-refractivity contribution in [3.05, 3.63) is 29.3 Å². The summed E-state index contributed by atoms with van der Waals surface area (Å²) in [6, 6.07) is 5.93. The minimum Gasteiger partial charge on any atom is -0.493 e. The molecule has 0 radical (unpaired) electrons. The molecule has 1 aromatic rings. The van der Waals surface area contributed by atoms with Gasteiger partial charge in [0, 0.05) is 11.8 Å². The predicted molar refractivity (Wildman–Crippen MR) is 61.6 cm³/mol. The number of ether oxygens (including phenoxy) is 1. The van der Waals surface area contributed by atoms with Crippen molar-refractivity contribution in [3.63, 3.8) is 0 Å². The van der Waals surface area contributed by atoms with Gasteiger partial charge in [-0.1, -0.05) is 12.1 Å². The molecule has 14 heavy (non-hydrogen) atoms. The minimum absolute atomic E-state index is 0.526. The second-order valence-electron chi connectivity index (χ2n) is 3.06. The summed E-state index contributed by atoms with van der Waals surface area (Å²) in [5.41, 5.74) is 2.24. The van der Waals surface area contributed by atoms with Crippen molar-refractivity contribution in [2.75, 3.05) is 12.5 Å². The van der Waals surface area contributed by atoms with E-state index in [4.69, 9.17) is 27.9 Å². The van der Waals surface area contributed by atoms with E-state index < -0.39 is 0 Å². The topological polar surface area (TPSA) is 9.23 Å². The number of hydrogen-bond donors (Lipinski definition) is 0. The van der Waals surface area contributed by atoms with Crippen LogP contribution >= 0.6 is 23.2 Å². The van der Waals surface area contributed by atoms with Gasteiger partial charge in [-0.05, 0) is 30.5 Å². The maximum absolute atomic E-state index is 5.79. The fourth-order valence-electron chi connectivity index (χ4n) is 1.20. The van der Waals surface area contributed by atoms with Gasteiger partial charge >= 0.3 is 0 Å². The van der Waals surface area contributed by atoms with Crippen LogP contribution in [-0.4, -0.2) is 12.5 Å². The molecule has 3 heteroatoms. The Hall–Kier alpha value is -0.400. The zero-order valence-electron chi connectivity index (χ0n) is 8.22. The molecule has 0 bridgehead atoms. The molecule has 0 aliphatic heterocycles. The first-order chi connectivity index (χ1) is 6.79. The lowest BCUT2D eigenvalue weighted by molar-refractivity contribution is 0.316. The van der Waals surface area contributed by atoms with Crippen molar-refractivity contribution in [3.8, 4) is 5.75 Å². The first-order valence-corrected chi connectivity index (χ1v) is 5.69. The molecule has 0 spiro atoms. The maximum Gasteiger partial charge on any atom is 0.122 e. The molecule has 1 aromatic carbocycles. The SMILES string of the molecule is Cc1c(CCl)cccc1OCCCCl. The normalized spacial score (nSPS) is 10.2. The van der Waals surface area contributed by atoms with Crippen molar-refractivity contribution in [2.45, 2.75) is 19.2 Å². The maximum atomic E-state index is 5.79. The molecule has 0 saturated carbocycles. The van der Waals surface area contributed by atoms with E-state index in [9.17, 15) is 0 Å². The van der Waals surface area contributed by atoms with Crippen molar-refractivity contribution >= 4 is 23.2 Å². The third-order valence-corrected chi connectivity index (χ3v) is 2.63. The molecule has 0 heterocycles. The Morgan fingerprint density at radius 2 is 2.07 bits per heavy atom. The molecule has 0 amide bonds. The van der Waals surface area contributed by atoms with Gasteiger partial charge in [0.2, 0.25) is 0 Å². The first kappa shape index (κ1) is 11.7. The van der Waals surface area contributed by atoms with E-state index in [1.807, 2.05) is 25.1 Å². The Balaban J connectivity index is 2.66. The summed E-state index contributed by atoms with van der Waals surface area (Å²) in [7, 11) is 0. The number of alkyl halides is 2. The Morgan fingerprint density at radius 3 is 2.71 bits per heavy atom. The Kier molecular flexibility index (Phi) is 5.13. The van der Waals surface area contributed by atoms with Gasteiger partial charge < -0.3 is 4.74 Å². The summed E-state index contributed by atoms with van der Waals surface area (Å²) < 4.78 is 5.58. The van der Waals surface area contributed by atoms with Crippen LogP contribution in [0.4, 0.5) is 0 Å². The summed E-state index contributed by atoms with van der Waals surface area (Å²) >= 11 is 11.4. The third kappa shape index (κ3) is 3.07. The van der Waals surface area contributed by atoms with Crippen molar-refractivity contribution < 1.29 is 4.74 Å². The number of rotatable bonds is 5. The van der Waals surface area contributed by atoms with Gasteiger partial charge in [-0.25, -0.2) is 0 Å². The van der Waals surface area contributed by atoms with E-state index in [0.29, 0.717) is 18.4 Å². The smallest absolute Gasteiger partial charge is 0.122 e. The van der Waals surface area contributed by atoms with E-state index in [-0.39, 0.29) is 0 Å². The van der Waals surface area contributed by atoms with Gasteiger partial charge in [0.05, 0.1) is 6.61 Å². The molecule has 0 aliphatic carbocycles. The minimum atomic E-state index is 0.526. The van der Waals surface area contributed by atoms with Crippen LogP contribution in [0, 0.1) is 6.92 Å². The summed E-state index contributed by atoms with van der Waals surface area (Å²) in [4.78, 5) is 0. The molecule has 78 valence electrons. The average Bonchev–Trinajstić information content (AvgIpc) is 2.21. The molecule has 0 fully saturated rings. The molecule has 0 saturated heterocycles. The zero-order valence-corrected chi connectivity index (χ0v) is 9.74. The molecule has 0 aliphatic rings. The molecule has 0 atom stereocenters. The van der Waals surface area contributed by atoms with Crippen molar-refractivity contribution in [2.24, 2.45) is 0 Å². The number of benzene rings is 1. The highest BCUT2D eigenvalue weighted by atomic mass is 35.5. The van der Waals surface area contributed by atoms with Crippen LogP contribution in [0.25, 0.3) is 0 Å². The summed E-state index contributed by atoms with van der Waals surface area (Å²) in [5, 5.41) is 0. The fraction of sp³-hybridized carbons (Fsp3) is 0.455. The van der Waals surface area contributed by atoms with Gasteiger partial charge in [0.15, 0.2) is 0 Å². The molecular formula is C11H14Cl2O. The van der Waals surface area contributed by atoms with Gasteiger partial charge in [-0.3, -0.25) is 0 Å². The second-order valence-corrected chi connectivity index (χ2v) is 3.71. The predicted octanol–water partition coefficient (Wildman–Crippen LogP) is 3.74. The van der Waals surface area contributed by atoms with Crippen LogP contribution in [0.3, 0.4) is 0 Å². The van der Waals surface area contributed by atoms with Crippen LogP contribution in [0.2, 0.25) is 0 Å². The fourth-order valence-corrected chi connectivity index (χ4v) is 1.60. The Labute approximate surface area is 95.0 Å². The molecular weight excluding hydrogens is 219 g/mol. The van der Waals surface area contributed by atoms with Crippen LogP contribution in [0.5, 0.6) is 5.75 Å². The monoisotopic (exact) mass is 232 g/mol. The summed E-state index contributed by atoms with van der Waals surface area (Å²) in [6.07, 6.45) is 0.867. The number of halogens is 2. The summed E-state index contributed by atoms with van der Waals surface area (Å²) in [6.45, 7) is 2.68. The highest BCUT2D eigenvalue weighted by Crippen LogP contribution is 2.22. The molecule has 0 unspecified atom stereocenters. The van der Waals surface area contributed by atoms with Crippen LogP contribution in [0.15, 0.2) is 18.2 Å². The standard InChI is InChI=1S/C11H14Cl2O/c1-9-10(8-13)4-2-5-11(9)14-7-3-6-12/h2,4-5H,3,6-8H2,1H3. The lowest BCUT2D eigenvalue weighted by Gasteiger charge is -2.10. The Bertz CT molecular complexity index is 287. The summed E-state index contributed by atoms with van der Waals surface area (Å²) in [5.74, 6) is 2.07. The van der Waals surface area contributed by atoms with Gasteiger partial charge in [-0.15, -0.1) is 23.2 Å². The number of hydrogen-bond acceptors (Lipinski definition) is 1. The molecule has 1 rings (SSSR count). The lowest BCUT2D eigenvalue weighted by atomic mass is 10.1. The second kappa shape index (κ2) is 6.15. The first-order valence-electron chi connectivity index (χ1n) is 4.62. The lowest BCUT2D eigenvalue weighted by Crippen LogP contribution is -2.00. The average molecular weight is 233 g/mol. The quantitative estimate of drug-likeness (QED) is 0.556. The molecule has 0 aromatic heterocycles. The van der Waals surface area contributed by atoms with E-state index in [2.05, 4.69) is 0 Å². The van der Waals surface area contributed by atoms with E-state index in [1.165, 1.54) is 0 Å². The zero-order chi connectivity index (χ0) is 10.4. The van der Waals surface area contributed by atoms with Crippen LogP contribution in [0.1, 0.15) is 17.5 Å². The van der Waals surface area contributed by atoms with E-state index >= 15 is 0 Å². The molecule has 1 nitrogen and oxygen atoms in total. The largest absolute Gasteiger partial charge is 0.493 e. The van der Waals surface area contributed by atoms with Crippen molar-refractivity contribution in [1.29, 1.82) is 0 Å². The van der Waals surface area contributed by atoms with Crippen molar-refractivity contribution in [1.82, 2.24) is 0 Å². The highest BCUT2D eigenvalue weighted by molar-refractivity contribution is 6.17. The van der Waals surface area contributed by atoms with Gasteiger partial charge in [0.25, 0.3) is 0 Å². The van der Waals surface area contributed by atoms with Gasteiger partial charge in [-0.2, -0.15) is 0 Å². The third-order valence-electron chi connectivity index (χ3n) is 2.08. The van der Waals surface area contributed by atoms with E-state index in [1.54, 1.807) is 0 Å². The van der Waals surface area contributed by atoms with E-state index in [0.717, 1.165) is 23.3 Å². The van der Waals surface area contributed by atoms with Crippen LogP contribution in [-0.2, 0) is 5.88 Å². The van der Waals surface area contributed by atoms with Gasteiger partial charge in [0.1, 0.15) is 5.75 Å². The van der Waals surface area contributed by atoms with Crippen LogP contribution < -0.4 is 4.74 Å². The molecule has 0 N–H and O–H groups in total. The highest BCUT2D eigenvalue weighted by Gasteiger charge is 2.03.